The van der Waals surface area contributed by atoms with Crippen molar-refractivity contribution in [2.75, 3.05) is 13.2 Å². The van der Waals surface area contributed by atoms with Gasteiger partial charge in [-0.25, -0.2) is 4.39 Å². The molecule has 0 spiro atoms. The van der Waals surface area contributed by atoms with Crippen molar-refractivity contribution in [2.45, 2.75) is 33.6 Å². The molecular weight excluding hydrogens is 311 g/mol. The lowest BCUT2D eigenvalue weighted by molar-refractivity contribution is 0.0850. The molecule has 1 aromatic heterocycles. The van der Waals surface area contributed by atoms with Gasteiger partial charge in [-0.05, 0) is 37.5 Å². The number of fused-ring (bicyclic) bond motifs is 1. The molecule has 0 bridgehead atoms. The first-order chi connectivity index (χ1) is 11.4. The normalized spacial score (nSPS) is 11.7. The Morgan fingerprint density at radius 3 is 2.58 bits per heavy atom. The summed E-state index contributed by atoms with van der Waals surface area (Å²) in [6.07, 6.45) is 2.76. The SMILES string of the molecule is CCC(CC)(CO)CNC(=O)c1c[nH]c2c(C)cc(F)cc2c1=O. The van der Waals surface area contributed by atoms with Crippen LogP contribution in [0.25, 0.3) is 10.9 Å². The van der Waals surface area contributed by atoms with E-state index in [1.807, 2.05) is 13.8 Å². The number of carbonyl (C=O) groups excluding carboxylic acids is 1. The maximum atomic E-state index is 13.6. The largest absolute Gasteiger partial charge is 0.396 e. The first-order valence-electron chi connectivity index (χ1n) is 8.08. The number of rotatable bonds is 6. The van der Waals surface area contributed by atoms with E-state index in [1.165, 1.54) is 12.3 Å². The van der Waals surface area contributed by atoms with Gasteiger partial charge in [0, 0.05) is 23.5 Å². The quantitative estimate of drug-likeness (QED) is 0.759. The topological polar surface area (TPSA) is 82.2 Å². The summed E-state index contributed by atoms with van der Waals surface area (Å²) in [5.41, 5.74) is 0.148. The Hall–Kier alpha value is -2.21. The van der Waals surface area contributed by atoms with Crippen LogP contribution in [0.2, 0.25) is 0 Å². The number of aliphatic hydroxyl groups excluding tert-OH is 1. The third kappa shape index (κ3) is 3.33. The Morgan fingerprint density at radius 1 is 1.33 bits per heavy atom. The van der Waals surface area contributed by atoms with E-state index in [9.17, 15) is 19.1 Å². The molecule has 1 aromatic carbocycles. The summed E-state index contributed by atoms with van der Waals surface area (Å²) in [6, 6.07) is 2.46. The molecular formula is C18H23FN2O3. The third-order valence-corrected chi connectivity index (χ3v) is 4.85. The second kappa shape index (κ2) is 7.13. The average Bonchev–Trinajstić information content (AvgIpc) is 2.57. The van der Waals surface area contributed by atoms with Crippen LogP contribution in [0.5, 0.6) is 0 Å². The van der Waals surface area contributed by atoms with Crippen molar-refractivity contribution < 1.29 is 14.3 Å². The monoisotopic (exact) mass is 334 g/mol. The molecule has 1 heterocycles. The van der Waals surface area contributed by atoms with Crippen molar-refractivity contribution in [3.05, 3.63) is 45.5 Å². The lowest BCUT2D eigenvalue weighted by Gasteiger charge is -2.29. The molecule has 24 heavy (non-hydrogen) atoms. The fourth-order valence-electron chi connectivity index (χ4n) is 2.78. The predicted molar refractivity (Wildman–Crippen MR) is 91.7 cm³/mol. The molecule has 0 saturated heterocycles. The number of benzene rings is 1. The van der Waals surface area contributed by atoms with Gasteiger partial charge in [0.05, 0.1) is 12.1 Å². The first-order valence-corrected chi connectivity index (χ1v) is 8.08. The van der Waals surface area contributed by atoms with E-state index >= 15 is 0 Å². The number of H-pyrrole nitrogens is 1. The van der Waals surface area contributed by atoms with Crippen LogP contribution in [-0.4, -0.2) is 29.1 Å². The van der Waals surface area contributed by atoms with Gasteiger partial charge in [-0.15, -0.1) is 0 Å². The van der Waals surface area contributed by atoms with Gasteiger partial charge in [-0.1, -0.05) is 13.8 Å². The molecule has 0 aliphatic carbocycles. The standard InChI is InChI=1S/C18H23FN2O3/c1-4-18(5-2,10-22)9-21-17(24)14-8-20-15-11(3)6-12(19)7-13(15)16(14)23/h6-8,22H,4-5,9-10H2,1-3H3,(H,20,23)(H,21,24). The number of hydrogen-bond acceptors (Lipinski definition) is 3. The minimum absolute atomic E-state index is 0.0429. The molecule has 0 atom stereocenters. The summed E-state index contributed by atoms with van der Waals surface area (Å²) in [7, 11) is 0. The molecule has 1 amide bonds. The van der Waals surface area contributed by atoms with Crippen molar-refractivity contribution in [1.29, 1.82) is 0 Å². The zero-order valence-electron chi connectivity index (χ0n) is 14.2. The van der Waals surface area contributed by atoms with Crippen LogP contribution in [-0.2, 0) is 0 Å². The molecule has 0 unspecified atom stereocenters. The molecule has 0 radical (unpaired) electrons. The van der Waals surface area contributed by atoms with Gasteiger partial charge in [0.1, 0.15) is 11.4 Å². The molecule has 0 aliphatic rings. The fourth-order valence-corrected chi connectivity index (χ4v) is 2.78. The maximum absolute atomic E-state index is 13.6. The lowest BCUT2D eigenvalue weighted by atomic mass is 9.83. The van der Waals surface area contributed by atoms with Crippen molar-refractivity contribution in [1.82, 2.24) is 10.3 Å². The minimum atomic E-state index is -0.528. The number of halogens is 1. The Balaban J connectivity index is 2.34. The highest BCUT2D eigenvalue weighted by molar-refractivity contribution is 5.97. The lowest BCUT2D eigenvalue weighted by Crippen LogP contribution is -2.40. The Labute approximate surface area is 139 Å². The highest BCUT2D eigenvalue weighted by Gasteiger charge is 2.26. The van der Waals surface area contributed by atoms with E-state index in [0.29, 0.717) is 23.9 Å². The van der Waals surface area contributed by atoms with Gasteiger partial charge < -0.3 is 15.4 Å². The minimum Gasteiger partial charge on any atom is -0.396 e. The number of aryl methyl sites for hydroxylation is 1. The number of carbonyl (C=O) groups is 1. The molecule has 6 heteroatoms. The Morgan fingerprint density at radius 2 is 2.00 bits per heavy atom. The predicted octanol–water partition coefficient (Wildman–Crippen LogP) is 2.50. The molecule has 0 aliphatic heterocycles. The van der Waals surface area contributed by atoms with E-state index < -0.39 is 22.6 Å². The number of amides is 1. The number of aromatic nitrogens is 1. The van der Waals surface area contributed by atoms with Crippen molar-refractivity contribution in [3.8, 4) is 0 Å². The molecule has 130 valence electrons. The smallest absolute Gasteiger partial charge is 0.256 e. The van der Waals surface area contributed by atoms with Crippen LogP contribution in [0.3, 0.4) is 0 Å². The molecule has 5 nitrogen and oxygen atoms in total. The molecule has 0 fully saturated rings. The second-order valence-electron chi connectivity index (χ2n) is 6.22. The number of hydrogen-bond donors (Lipinski definition) is 3. The van der Waals surface area contributed by atoms with E-state index in [-0.39, 0.29) is 24.1 Å². The summed E-state index contributed by atoms with van der Waals surface area (Å²) in [5, 5.41) is 12.4. The van der Waals surface area contributed by atoms with Crippen LogP contribution >= 0.6 is 0 Å². The number of nitrogens with one attached hydrogen (secondary N) is 2. The van der Waals surface area contributed by atoms with Gasteiger partial charge in [-0.3, -0.25) is 9.59 Å². The van der Waals surface area contributed by atoms with Crippen LogP contribution in [0.1, 0.15) is 42.6 Å². The van der Waals surface area contributed by atoms with Crippen LogP contribution in [0, 0.1) is 18.2 Å². The summed E-state index contributed by atoms with van der Waals surface area (Å²) >= 11 is 0. The number of aromatic amines is 1. The summed E-state index contributed by atoms with van der Waals surface area (Å²) in [4.78, 5) is 27.8. The molecule has 2 aromatic rings. The zero-order valence-corrected chi connectivity index (χ0v) is 14.2. The van der Waals surface area contributed by atoms with Gasteiger partial charge in [0.15, 0.2) is 0 Å². The van der Waals surface area contributed by atoms with Gasteiger partial charge in [0.2, 0.25) is 5.43 Å². The highest BCUT2D eigenvalue weighted by atomic mass is 19.1. The summed E-state index contributed by atoms with van der Waals surface area (Å²) in [6.45, 7) is 5.81. The molecule has 2 rings (SSSR count). The molecule has 0 saturated carbocycles. The fraction of sp³-hybridized carbons (Fsp3) is 0.444. The zero-order chi connectivity index (χ0) is 17.9. The van der Waals surface area contributed by atoms with E-state index in [4.69, 9.17) is 0 Å². The van der Waals surface area contributed by atoms with Crippen LogP contribution < -0.4 is 10.7 Å². The second-order valence-corrected chi connectivity index (χ2v) is 6.22. The third-order valence-electron chi connectivity index (χ3n) is 4.85. The van der Waals surface area contributed by atoms with Crippen molar-refractivity contribution in [3.63, 3.8) is 0 Å². The van der Waals surface area contributed by atoms with Crippen LogP contribution in [0.4, 0.5) is 4.39 Å². The Bertz CT molecular complexity index is 801. The average molecular weight is 334 g/mol. The van der Waals surface area contributed by atoms with Crippen molar-refractivity contribution in [2.24, 2.45) is 5.41 Å². The van der Waals surface area contributed by atoms with E-state index in [1.54, 1.807) is 6.92 Å². The Kier molecular flexibility index (Phi) is 5.39. The van der Waals surface area contributed by atoms with Crippen molar-refractivity contribution >= 4 is 16.8 Å². The molecule has 3 N–H and O–H groups in total. The first kappa shape index (κ1) is 18.1. The highest BCUT2D eigenvalue weighted by Crippen LogP contribution is 2.24. The van der Waals surface area contributed by atoms with Gasteiger partial charge in [0.25, 0.3) is 5.91 Å². The van der Waals surface area contributed by atoms with Gasteiger partial charge >= 0.3 is 0 Å². The van der Waals surface area contributed by atoms with E-state index in [0.717, 1.165) is 6.07 Å². The van der Waals surface area contributed by atoms with E-state index in [2.05, 4.69) is 10.3 Å². The van der Waals surface area contributed by atoms with Crippen LogP contribution in [0.15, 0.2) is 23.1 Å². The summed E-state index contributed by atoms with van der Waals surface area (Å²) in [5.74, 6) is -1.04. The number of aliphatic hydroxyl groups is 1. The van der Waals surface area contributed by atoms with Gasteiger partial charge in [-0.2, -0.15) is 0 Å². The number of pyridine rings is 1. The maximum Gasteiger partial charge on any atom is 0.256 e. The summed E-state index contributed by atoms with van der Waals surface area (Å²) < 4.78 is 13.6.